The smallest absolute Gasteiger partial charge is 0.308 e. The highest BCUT2D eigenvalue weighted by molar-refractivity contribution is 7.80. The molecule has 1 saturated heterocycles. The quantitative estimate of drug-likeness (QED) is 0.587. The highest BCUT2D eigenvalue weighted by atomic mass is 32.1. The molecule has 2 atom stereocenters. The fourth-order valence-electron chi connectivity index (χ4n) is 2.08. The summed E-state index contributed by atoms with van der Waals surface area (Å²) in [4.78, 5) is 25.7. The summed E-state index contributed by atoms with van der Waals surface area (Å²) in [5.74, 6) is -0.456. The Balaban J connectivity index is 2.73. The average molecular weight is 302 g/mol. The number of nitrogens with two attached hydrogens (primary N) is 1. The van der Waals surface area contributed by atoms with E-state index < -0.39 is 5.41 Å². The molecule has 0 aromatic heterocycles. The third kappa shape index (κ3) is 3.67. The number of morpholine rings is 1. The third-order valence-electron chi connectivity index (χ3n) is 3.77. The molecule has 114 valence electrons. The lowest BCUT2D eigenvalue weighted by Crippen LogP contribution is -2.54. The topological polar surface area (TPSA) is 81.9 Å². The molecule has 1 aliphatic heterocycles. The Bertz CT molecular complexity index is 402. The van der Waals surface area contributed by atoms with E-state index in [0.29, 0.717) is 26.1 Å². The van der Waals surface area contributed by atoms with Gasteiger partial charge in [-0.15, -0.1) is 0 Å². The first-order valence-corrected chi connectivity index (χ1v) is 7.03. The van der Waals surface area contributed by atoms with E-state index in [2.05, 4.69) is 4.74 Å². The number of hydrogen-bond acceptors (Lipinski definition) is 5. The molecule has 2 unspecified atom stereocenters. The van der Waals surface area contributed by atoms with Crippen LogP contribution in [0.1, 0.15) is 26.7 Å². The summed E-state index contributed by atoms with van der Waals surface area (Å²) < 4.78 is 10.1. The van der Waals surface area contributed by atoms with E-state index in [1.807, 2.05) is 6.92 Å². The fourth-order valence-corrected chi connectivity index (χ4v) is 2.31. The first-order chi connectivity index (χ1) is 9.35. The van der Waals surface area contributed by atoms with Crippen molar-refractivity contribution in [3.05, 3.63) is 0 Å². The van der Waals surface area contributed by atoms with E-state index in [-0.39, 0.29) is 29.4 Å². The molecule has 1 amide bonds. The van der Waals surface area contributed by atoms with Crippen molar-refractivity contribution in [1.82, 2.24) is 4.90 Å². The predicted octanol–water partition coefficient (Wildman–Crippen LogP) is 0.479. The molecule has 1 rings (SSSR count). The van der Waals surface area contributed by atoms with Crippen LogP contribution in [0.2, 0.25) is 0 Å². The molecular formula is C13H22N2O4S. The van der Waals surface area contributed by atoms with Gasteiger partial charge in [0.2, 0.25) is 5.91 Å². The minimum atomic E-state index is -0.845. The monoisotopic (exact) mass is 302 g/mol. The maximum atomic E-state index is 12.6. The molecular weight excluding hydrogens is 280 g/mol. The molecule has 1 heterocycles. The van der Waals surface area contributed by atoms with Gasteiger partial charge in [0.15, 0.2) is 0 Å². The maximum absolute atomic E-state index is 12.6. The van der Waals surface area contributed by atoms with Gasteiger partial charge in [-0.2, -0.15) is 0 Å². The SMILES string of the molecule is CCC(C)(C(=O)N1CCOC(CC(=O)OC)C1)C(N)=S. The molecule has 7 heteroatoms. The molecule has 1 fully saturated rings. The van der Waals surface area contributed by atoms with Crippen LogP contribution in [0.15, 0.2) is 0 Å². The van der Waals surface area contributed by atoms with Gasteiger partial charge in [0.25, 0.3) is 0 Å². The number of thiocarbonyl (C=S) groups is 1. The number of carbonyl (C=O) groups is 2. The van der Waals surface area contributed by atoms with Gasteiger partial charge >= 0.3 is 5.97 Å². The fraction of sp³-hybridized carbons (Fsp3) is 0.769. The Hall–Kier alpha value is -1.21. The minimum absolute atomic E-state index is 0.106. The molecule has 20 heavy (non-hydrogen) atoms. The number of rotatable bonds is 5. The lowest BCUT2D eigenvalue weighted by atomic mass is 9.85. The molecule has 1 aliphatic rings. The van der Waals surface area contributed by atoms with Crippen LogP contribution in [-0.2, 0) is 19.1 Å². The lowest BCUT2D eigenvalue weighted by Gasteiger charge is -2.38. The number of amides is 1. The van der Waals surface area contributed by atoms with Gasteiger partial charge in [0.1, 0.15) is 0 Å². The summed E-state index contributed by atoms with van der Waals surface area (Å²) in [7, 11) is 1.33. The zero-order valence-corrected chi connectivity index (χ0v) is 13.0. The van der Waals surface area contributed by atoms with Crippen LogP contribution in [-0.4, -0.2) is 54.7 Å². The van der Waals surface area contributed by atoms with Crippen molar-refractivity contribution in [1.29, 1.82) is 0 Å². The van der Waals surface area contributed by atoms with Gasteiger partial charge in [0.05, 0.1) is 36.6 Å². The zero-order valence-electron chi connectivity index (χ0n) is 12.2. The largest absolute Gasteiger partial charge is 0.469 e. The molecule has 0 aromatic carbocycles. The van der Waals surface area contributed by atoms with Gasteiger partial charge in [0, 0.05) is 13.1 Å². The summed E-state index contributed by atoms with van der Waals surface area (Å²) in [6, 6.07) is 0. The Kier molecular flexibility index (Phi) is 5.88. The van der Waals surface area contributed by atoms with Crippen LogP contribution in [0.3, 0.4) is 0 Å². The van der Waals surface area contributed by atoms with Gasteiger partial charge in [-0.1, -0.05) is 19.1 Å². The van der Waals surface area contributed by atoms with Crippen molar-refractivity contribution in [3.8, 4) is 0 Å². The summed E-state index contributed by atoms with van der Waals surface area (Å²) in [6.07, 6.45) is 0.337. The van der Waals surface area contributed by atoms with Crippen LogP contribution in [0.25, 0.3) is 0 Å². The van der Waals surface area contributed by atoms with E-state index in [1.165, 1.54) is 7.11 Å². The molecule has 6 nitrogen and oxygen atoms in total. The molecule has 2 N–H and O–H groups in total. The van der Waals surface area contributed by atoms with Crippen LogP contribution < -0.4 is 5.73 Å². The average Bonchev–Trinajstić information content (AvgIpc) is 2.45. The van der Waals surface area contributed by atoms with Crippen LogP contribution >= 0.6 is 12.2 Å². The summed E-state index contributed by atoms with van der Waals surface area (Å²) >= 11 is 5.02. The van der Waals surface area contributed by atoms with Crippen molar-refractivity contribution in [2.45, 2.75) is 32.8 Å². The normalized spacial score (nSPS) is 21.9. The van der Waals surface area contributed by atoms with E-state index in [4.69, 9.17) is 22.7 Å². The van der Waals surface area contributed by atoms with Gasteiger partial charge in [-0.3, -0.25) is 9.59 Å². The van der Waals surface area contributed by atoms with E-state index in [0.717, 1.165) is 0 Å². The van der Waals surface area contributed by atoms with Crippen molar-refractivity contribution < 1.29 is 19.1 Å². The second-order valence-electron chi connectivity index (χ2n) is 5.07. The number of ether oxygens (including phenoxy) is 2. The minimum Gasteiger partial charge on any atom is -0.469 e. The van der Waals surface area contributed by atoms with E-state index >= 15 is 0 Å². The Morgan fingerprint density at radius 1 is 1.55 bits per heavy atom. The van der Waals surface area contributed by atoms with Gasteiger partial charge in [-0.05, 0) is 13.3 Å². The molecule has 0 aromatic rings. The highest BCUT2D eigenvalue weighted by Crippen LogP contribution is 2.26. The summed E-state index contributed by atoms with van der Waals surface area (Å²) in [5, 5.41) is 0. The number of methoxy groups -OCH3 is 1. The molecule has 0 saturated carbocycles. The van der Waals surface area contributed by atoms with E-state index in [9.17, 15) is 9.59 Å². The summed E-state index contributed by atoms with van der Waals surface area (Å²) in [5.41, 5.74) is 4.86. The third-order valence-corrected chi connectivity index (χ3v) is 4.22. The number of esters is 1. The van der Waals surface area contributed by atoms with Crippen molar-refractivity contribution >= 4 is 29.1 Å². The van der Waals surface area contributed by atoms with Crippen LogP contribution in [0.4, 0.5) is 0 Å². The molecule has 0 spiro atoms. The second kappa shape index (κ2) is 6.99. The molecule has 0 radical (unpaired) electrons. The Morgan fingerprint density at radius 2 is 2.20 bits per heavy atom. The lowest BCUT2D eigenvalue weighted by molar-refractivity contribution is -0.152. The van der Waals surface area contributed by atoms with Gasteiger partial charge < -0.3 is 20.1 Å². The van der Waals surface area contributed by atoms with Crippen LogP contribution in [0, 0.1) is 5.41 Å². The summed E-state index contributed by atoms with van der Waals surface area (Å²) in [6.45, 7) is 4.86. The van der Waals surface area contributed by atoms with Gasteiger partial charge in [-0.25, -0.2) is 0 Å². The zero-order chi connectivity index (χ0) is 15.3. The predicted molar refractivity (Wildman–Crippen MR) is 78.1 cm³/mol. The first kappa shape index (κ1) is 16.8. The standard InChI is InChI=1S/C13H22N2O4S/c1-4-13(2,11(14)20)12(17)15-5-6-19-9(8-15)7-10(16)18-3/h9H,4-8H2,1-3H3,(H2,14,20). The van der Waals surface area contributed by atoms with Crippen LogP contribution in [0.5, 0.6) is 0 Å². The Morgan fingerprint density at radius 3 is 2.70 bits per heavy atom. The highest BCUT2D eigenvalue weighted by Gasteiger charge is 2.39. The Labute approximate surface area is 124 Å². The van der Waals surface area contributed by atoms with E-state index in [1.54, 1.807) is 11.8 Å². The molecule has 0 aliphatic carbocycles. The van der Waals surface area contributed by atoms with Crippen molar-refractivity contribution in [2.75, 3.05) is 26.8 Å². The van der Waals surface area contributed by atoms with Crippen molar-refractivity contribution in [3.63, 3.8) is 0 Å². The first-order valence-electron chi connectivity index (χ1n) is 6.62. The number of nitrogens with zero attached hydrogens (tertiary/aromatic N) is 1. The maximum Gasteiger partial charge on any atom is 0.308 e. The number of carbonyl (C=O) groups excluding carboxylic acids is 2. The van der Waals surface area contributed by atoms with Crippen molar-refractivity contribution in [2.24, 2.45) is 11.1 Å². The second-order valence-corrected chi connectivity index (χ2v) is 5.51. The number of hydrogen-bond donors (Lipinski definition) is 1. The molecule has 0 bridgehead atoms.